The summed E-state index contributed by atoms with van der Waals surface area (Å²) in [5.74, 6) is -0.773. The zero-order chi connectivity index (χ0) is 20.6. The van der Waals surface area contributed by atoms with Gasteiger partial charge in [-0.25, -0.2) is 0 Å². The van der Waals surface area contributed by atoms with Crippen molar-refractivity contribution in [3.8, 4) is 0 Å². The third kappa shape index (κ3) is 12.7. The van der Waals surface area contributed by atoms with Crippen LogP contribution in [-0.4, -0.2) is 36.0 Å². The van der Waals surface area contributed by atoms with Crippen molar-refractivity contribution in [3.05, 3.63) is 69.7 Å². The molecule has 0 radical (unpaired) electrons. The average molecular weight is 427 g/mol. The molecule has 154 valence electrons. The summed E-state index contributed by atoms with van der Waals surface area (Å²) in [5, 5.41) is 18.4. The number of carbonyl (C=O) groups is 1. The van der Waals surface area contributed by atoms with E-state index in [1.807, 2.05) is 36.4 Å². The maximum atomic E-state index is 10.2. The fourth-order valence-corrected chi connectivity index (χ4v) is 2.60. The zero-order valence-electron chi connectivity index (χ0n) is 15.9. The summed E-state index contributed by atoms with van der Waals surface area (Å²) in [6.07, 6.45) is 5.03. The molecule has 2 aromatic carbocycles. The van der Waals surface area contributed by atoms with Crippen LogP contribution in [0.5, 0.6) is 0 Å². The molecule has 2 aromatic rings. The molecular weight excluding hydrogens is 399 g/mol. The van der Waals surface area contributed by atoms with Crippen LogP contribution in [-0.2, 0) is 22.4 Å². The summed E-state index contributed by atoms with van der Waals surface area (Å²) >= 11 is 11.4. The maximum Gasteiger partial charge on any atom is 0.303 e. The van der Waals surface area contributed by atoms with Gasteiger partial charge in [-0.3, -0.25) is 4.79 Å². The molecule has 6 heteroatoms. The van der Waals surface area contributed by atoms with Crippen LogP contribution in [0.4, 0.5) is 0 Å². The molecule has 0 saturated carbocycles. The molecule has 0 spiro atoms. The Morgan fingerprint density at radius 2 is 1.32 bits per heavy atom. The van der Waals surface area contributed by atoms with Crippen LogP contribution < -0.4 is 0 Å². The number of benzene rings is 2. The molecule has 1 heterocycles. The van der Waals surface area contributed by atoms with Crippen molar-refractivity contribution in [1.29, 1.82) is 0 Å². The first-order valence-electron chi connectivity index (χ1n) is 9.40. The quantitative estimate of drug-likeness (QED) is 0.646. The van der Waals surface area contributed by atoms with E-state index in [1.54, 1.807) is 12.1 Å². The van der Waals surface area contributed by atoms with E-state index in [9.17, 15) is 4.79 Å². The van der Waals surface area contributed by atoms with Gasteiger partial charge in [-0.1, -0.05) is 47.5 Å². The molecule has 3 rings (SSSR count). The molecule has 1 aliphatic rings. The van der Waals surface area contributed by atoms with Gasteiger partial charge in [0, 0.05) is 36.3 Å². The predicted octanol–water partition coefficient (Wildman–Crippen LogP) is 5.42. The maximum absolute atomic E-state index is 10.2. The second kappa shape index (κ2) is 15.3. The van der Waals surface area contributed by atoms with Crippen molar-refractivity contribution in [2.45, 2.75) is 38.5 Å². The largest absolute Gasteiger partial charge is 0.481 e. The summed E-state index contributed by atoms with van der Waals surface area (Å²) in [6, 6.07) is 14.9. The topological polar surface area (TPSA) is 66.8 Å². The molecular formula is C22H28Cl2O4. The number of aliphatic hydroxyl groups excluding tert-OH is 1. The van der Waals surface area contributed by atoms with Crippen molar-refractivity contribution in [1.82, 2.24) is 0 Å². The third-order valence-electron chi connectivity index (χ3n) is 3.90. The smallest absolute Gasteiger partial charge is 0.303 e. The van der Waals surface area contributed by atoms with Crippen molar-refractivity contribution >= 4 is 29.2 Å². The molecule has 0 aliphatic carbocycles. The van der Waals surface area contributed by atoms with Gasteiger partial charge < -0.3 is 14.9 Å². The van der Waals surface area contributed by atoms with Crippen LogP contribution in [0.3, 0.4) is 0 Å². The van der Waals surface area contributed by atoms with Crippen LogP contribution >= 0.6 is 23.2 Å². The molecule has 0 bridgehead atoms. The standard InChI is InChI=1S/C9H9ClO2.C9H11ClO.C4H8O/c10-8-4-1-7(2-5-8)3-6-9(11)12;10-9-5-3-8(4-6-9)2-1-7-11;1-2-4-5-3-1/h1-2,4-5H,3,6H2,(H,11,12);3-6,11H,1-2,7H2;1-4H2. The predicted molar refractivity (Wildman–Crippen MR) is 114 cm³/mol. The molecule has 4 nitrogen and oxygen atoms in total. The minimum absolute atomic E-state index is 0.168. The number of ether oxygens (including phenoxy) is 1. The van der Waals surface area contributed by atoms with Gasteiger partial charge in [-0.15, -0.1) is 0 Å². The van der Waals surface area contributed by atoms with Crippen molar-refractivity contribution < 1.29 is 19.7 Å². The number of rotatable bonds is 6. The highest BCUT2D eigenvalue weighted by atomic mass is 35.5. The fraction of sp³-hybridized carbons (Fsp3) is 0.409. The summed E-state index contributed by atoms with van der Waals surface area (Å²) in [7, 11) is 0. The Morgan fingerprint density at radius 1 is 0.857 bits per heavy atom. The van der Waals surface area contributed by atoms with Gasteiger partial charge in [0.25, 0.3) is 0 Å². The highest BCUT2D eigenvalue weighted by molar-refractivity contribution is 6.30. The van der Waals surface area contributed by atoms with Crippen LogP contribution in [0.15, 0.2) is 48.5 Å². The second-order valence-electron chi connectivity index (χ2n) is 6.29. The van der Waals surface area contributed by atoms with E-state index in [0.29, 0.717) is 11.4 Å². The fourth-order valence-electron chi connectivity index (χ4n) is 2.35. The lowest BCUT2D eigenvalue weighted by Gasteiger charge is -1.97. The van der Waals surface area contributed by atoms with Crippen LogP contribution in [0, 0.1) is 0 Å². The second-order valence-corrected chi connectivity index (χ2v) is 7.17. The lowest BCUT2D eigenvalue weighted by molar-refractivity contribution is -0.136. The summed E-state index contributed by atoms with van der Waals surface area (Å²) in [6.45, 7) is 2.25. The molecule has 2 N–H and O–H groups in total. The molecule has 0 amide bonds. The van der Waals surface area contributed by atoms with E-state index >= 15 is 0 Å². The minimum atomic E-state index is -0.773. The van der Waals surface area contributed by atoms with Gasteiger partial charge >= 0.3 is 5.97 Å². The van der Waals surface area contributed by atoms with E-state index in [0.717, 1.165) is 36.6 Å². The number of carboxylic acid groups (broad SMARTS) is 1. The van der Waals surface area contributed by atoms with E-state index < -0.39 is 5.97 Å². The molecule has 28 heavy (non-hydrogen) atoms. The zero-order valence-corrected chi connectivity index (χ0v) is 17.5. The number of carboxylic acids is 1. The van der Waals surface area contributed by atoms with Crippen LogP contribution in [0.2, 0.25) is 10.0 Å². The monoisotopic (exact) mass is 426 g/mol. The van der Waals surface area contributed by atoms with Gasteiger partial charge in [-0.2, -0.15) is 0 Å². The Hall–Kier alpha value is -1.59. The van der Waals surface area contributed by atoms with Gasteiger partial charge in [0.05, 0.1) is 0 Å². The molecule has 0 aromatic heterocycles. The van der Waals surface area contributed by atoms with E-state index in [4.69, 9.17) is 38.2 Å². The Balaban J connectivity index is 0.000000226. The lowest BCUT2D eigenvalue weighted by atomic mass is 10.1. The minimum Gasteiger partial charge on any atom is -0.481 e. The third-order valence-corrected chi connectivity index (χ3v) is 4.41. The summed E-state index contributed by atoms with van der Waals surface area (Å²) < 4.78 is 4.94. The van der Waals surface area contributed by atoms with E-state index in [2.05, 4.69) is 0 Å². The normalized spacial score (nSPS) is 12.4. The number of halogens is 2. The van der Waals surface area contributed by atoms with Gasteiger partial charge in [0.15, 0.2) is 0 Å². The average Bonchev–Trinajstić information content (AvgIpc) is 3.28. The molecule has 0 atom stereocenters. The first-order chi connectivity index (χ1) is 13.5. The van der Waals surface area contributed by atoms with Gasteiger partial charge in [0.1, 0.15) is 0 Å². The number of hydrogen-bond acceptors (Lipinski definition) is 3. The first-order valence-corrected chi connectivity index (χ1v) is 10.2. The molecule has 0 unspecified atom stereocenters. The SMILES string of the molecule is C1CCOC1.O=C(O)CCc1ccc(Cl)cc1.OCCCc1ccc(Cl)cc1. The number of aliphatic hydroxyl groups is 1. The van der Waals surface area contributed by atoms with Crippen LogP contribution in [0.1, 0.15) is 36.8 Å². The van der Waals surface area contributed by atoms with Gasteiger partial charge in [-0.05, 0) is 67.5 Å². The number of hydrogen-bond donors (Lipinski definition) is 2. The molecule has 1 saturated heterocycles. The molecule has 1 fully saturated rings. The Labute approximate surface area is 177 Å². The Bertz CT molecular complexity index is 646. The van der Waals surface area contributed by atoms with Crippen molar-refractivity contribution in [2.24, 2.45) is 0 Å². The Kier molecular flexibility index (Phi) is 13.4. The first kappa shape index (κ1) is 24.4. The summed E-state index contributed by atoms with van der Waals surface area (Å²) in [5.41, 5.74) is 2.23. The highest BCUT2D eigenvalue weighted by Gasteiger charge is 1.98. The Morgan fingerprint density at radius 3 is 1.68 bits per heavy atom. The number of aryl methyl sites for hydroxylation is 2. The molecule has 1 aliphatic heterocycles. The highest BCUT2D eigenvalue weighted by Crippen LogP contribution is 2.11. The van der Waals surface area contributed by atoms with Crippen molar-refractivity contribution in [3.63, 3.8) is 0 Å². The number of aliphatic carboxylic acids is 1. The summed E-state index contributed by atoms with van der Waals surface area (Å²) in [4.78, 5) is 10.2. The van der Waals surface area contributed by atoms with E-state index in [1.165, 1.54) is 18.4 Å². The van der Waals surface area contributed by atoms with Crippen LogP contribution in [0.25, 0.3) is 0 Å². The lowest BCUT2D eigenvalue weighted by Crippen LogP contribution is -1.96. The van der Waals surface area contributed by atoms with Gasteiger partial charge in [0.2, 0.25) is 0 Å². The van der Waals surface area contributed by atoms with E-state index in [-0.39, 0.29) is 13.0 Å². The van der Waals surface area contributed by atoms with Crippen molar-refractivity contribution in [2.75, 3.05) is 19.8 Å².